The molecule has 0 aromatic heterocycles. The van der Waals surface area contributed by atoms with Crippen LogP contribution in [0.15, 0.2) is 12.2 Å². The first-order valence-corrected chi connectivity index (χ1v) is 5.38. The van der Waals surface area contributed by atoms with Crippen molar-refractivity contribution in [2.45, 2.75) is 20.3 Å². The van der Waals surface area contributed by atoms with Crippen molar-refractivity contribution in [3.63, 3.8) is 0 Å². The molecule has 0 aliphatic rings. The topological polar surface area (TPSA) is 50.4 Å². The fourth-order valence-electron chi connectivity index (χ4n) is 0.938. The molecule has 1 amide bonds. The fourth-order valence-corrected chi connectivity index (χ4v) is 0.938. The Kier molecular flexibility index (Phi) is 9.14. The minimum Gasteiger partial charge on any atom is -0.445 e. The molecule has 0 saturated heterocycles. The summed E-state index contributed by atoms with van der Waals surface area (Å²) in [6.45, 7) is 9.96. The molecule has 4 nitrogen and oxygen atoms in total. The Hall–Kier alpha value is -1.47. The van der Waals surface area contributed by atoms with E-state index in [1.165, 1.54) is 0 Å². The van der Waals surface area contributed by atoms with Gasteiger partial charge in [-0.3, -0.25) is 0 Å². The van der Waals surface area contributed by atoms with Crippen LogP contribution in [0.25, 0.3) is 0 Å². The molecule has 0 aromatic carbocycles. The molecule has 90 valence electrons. The Labute approximate surface area is 97.4 Å². The summed E-state index contributed by atoms with van der Waals surface area (Å²) < 4.78 is 4.94. The highest BCUT2D eigenvalue weighted by molar-refractivity contribution is 5.67. The molecule has 0 aromatic rings. The summed E-state index contributed by atoms with van der Waals surface area (Å²) in [7, 11) is 0. The molecule has 0 heterocycles. The third-order valence-corrected chi connectivity index (χ3v) is 1.81. The summed E-state index contributed by atoms with van der Waals surface area (Å²) in [6.07, 6.45) is 0.364. The summed E-state index contributed by atoms with van der Waals surface area (Å²) in [4.78, 5) is 11.1. The maximum Gasteiger partial charge on any atom is 0.408 e. The normalized spacial score (nSPS) is 8.88. The molecule has 0 unspecified atom stereocenters. The van der Waals surface area contributed by atoms with E-state index >= 15 is 0 Å². The van der Waals surface area contributed by atoms with E-state index in [2.05, 4.69) is 29.1 Å². The molecule has 0 radical (unpaired) electrons. The van der Waals surface area contributed by atoms with E-state index in [0.717, 1.165) is 25.1 Å². The first-order chi connectivity index (χ1) is 7.70. The Morgan fingerprint density at radius 1 is 1.50 bits per heavy atom. The van der Waals surface area contributed by atoms with Crippen molar-refractivity contribution in [2.75, 3.05) is 26.2 Å². The molecule has 0 fully saturated rings. The van der Waals surface area contributed by atoms with E-state index < -0.39 is 6.09 Å². The number of hydrogen-bond donors (Lipinski definition) is 2. The van der Waals surface area contributed by atoms with Gasteiger partial charge in [0.25, 0.3) is 0 Å². The van der Waals surface area contributed by atoms with E-state index in [-0.39, 0.29) is 6.61 Å². The minimum absolute atomic E-state index is 0.261. The number of rotatable bonds is 7. The lowest BCUT2D eigenvalue weighted by Gasteiger charge is -2.07. The highest BCUT2D eigenvalue weighted by Gasteiger charge is 2.01. The third kappa shape index (κ3) is 9.10. The van der Waals surface area contributed by atoms with Gasteiger partial charge >= 0.3 is 6.09 Å². The maximum absolute atomic E-state index is 11.1. The van der Waals surface area contributed by atoms with Crippen LogP contribution in [0.2, 0.25) is 0 Å². The van der Waals surface area contributed by atoms with Gasteiger partial charge in [0, 0.05) is 0 Å². The third-order valence-electron chi connectivity index (χ3n) is 1.81. The van der Waals surface area contributed by atoms with Crippen molar-refractivity contribution in [1.29, 1.82) is 0 Å². The van der Waals surface area contributed by atoms with E-state index in [1.54, 1.807) is 6.92 Å². The van der Waals surface area contributed by atoms with Crippen LogP contribution in [0.3, 0.4) is 0 Å². The number of amides is 1. The smallest absolute Gasteiger partial charge is 0.408 e. The van der Waals surface area contributed by atoms with E-state index in [9.17, 15) is 4.79 Å². The summed E-state index contributed by atoms with van der Waals surface area (Å²) in [6, 6.07) is 0. The van der Waals surface area contributed by atoms with Gasteiger partial charge in [0.1, 0.15) is 6.61 Å². The molecule has 0 rings (SSSR count). The first kappa shape index (κ1) is 14.5. The molecule has 0 bridgehead atoms. The Morgan fingerprint density at radius 3 is 2.88 bits per heavy atom. The van der Waals surface area contributed by atoms with Crippen LogP contribution in [-0.2, 0) is 4.74 Å². The molecular weight excluding hydrogens is 204 g/mol. The van der Waals surface area contributed by atoms with Gasteiger partial charge < -0.3 is 15.4 Å². The van der Waals surface area contributed by atoms with Gasteiger partial charge in [0.05, 0.1) is 6.54 Å². The van der Waals surface area contributed by atoms with Gasteiger partial charge in [-0.2, -0.15) is 0 Å². The lowest BCUT2D eigenvalue weighted by atomic mass is 10.2. The minimum atomic E-state index is -0.452. The monoisotopic (exact) mass is 224 g/mol. The van der Waals surface area contributed by atoms with Gasteiger partial charge in [-0.1, -0.05) is 19.4 Å². The van der Waals surface area contributed by atoms with Crippen molar-refractivity contribution in [1.82, 2.24) is 10.6 Å². The second-order valence-electron chi connectivity index (χ2n) is 3.21. The van der Waals surface area contributed by atoms with Crippen molar-refractivity contribution in [3.8, 4) is 11.8 Å². The quantitative estimate of drug-likeness (QED) is 0.389. The zero-order chi connectivity index (χ0) is 12.2. The average molecular weight is 224 g/mol. The highest BCUT2D eigenvalue weighted by Crippen LogP contribution is 1.97. The Balaban J connectivity index is 3.50. The van der Waals surface area contributed by atoms with Crippen LogP contribution in [0.5, 0.6) is 0 Å². The standard InChI is InChI=1S/C12H20N2O2/c1-4-6-8-14-12(15)16-10-11(3)7-9-13-5-2/h13H,3,5,7-10H2,1-2H3,(H,14,15). The molecule has 0 spiro atoms. The van der Waals surface area contributed by atoms with Crippen molar-refractivity contribution in [2.24, 2.45) is 0 Å². The molecule has 2 N–H and O–H groups in total. The molecule has 16 heavy (non-hydrogen) atoms. The fraction of sp³-hybridized carbons (Fsp3) is 0.583. The second-order valence-corrected chi connectivity index (χ2v) is 3.21. The van der Waals surface area contributed by atoms with Crippen LogP contribution >= 0.6 is 0 Å². The van der Waals surface area contributed by atoms with E-state index in [0.29, 0.717) is 6.54 Å². The van der Waals surface area contributed by atoms with Crippen molar-refractivity contribution >= 4 is 6.09 Å². The SMILES string of the molecule is C=C(CCNCC)COC(=O)NCC#CC. The molecule has 4 heteroatoms. The Bertz CT molecular complexity index is 276. The number of hydrogen-bond acceptors (Lipinski definition) is 3. The second kappa shape index (κ2) is 10.1. The van der Waals surface area contributed by atoms with Crippen LogP contribution in [0.1, 0.15) is 20.3 Å². The van der Waals surface area contributed by atoms with Gasteiger partial charge in [-0.25, -0.2) is 4.79 Å². The first-order valence-electron chi connectivity index (χ1n) is 5.38. The number of nitrogens with one attached hydrogen (secondary N) is 2. The molecular formula is C12H20N2O2. The number of carbonyl (C=O) groups is 1. The predicted molar refractivity (Wildman–Crippen MR) is 65.1 cm³/mol. The van der Waals surface area contributed by atoms with Crippen LogP contribution in [0.4, 0.5) is 4.79 Å². The van der Waals surface area contributed by atoms with Crippen LogP contribution in [0, 0.1) is 11.8 Å². The van der Waals surface area contributed by atoms with Crippen LogP contribution < -0.4 is 10.6 Å². The van der Waals surface area contributed by atoms with Gasteiger partial charge in [-0.05, 0) is 32.0 Å². The maximum atomic E-state index is 11.1. The summed E-state index contributed by atoms with van der Waals surface area (Å²) in [5, 5.41) is 5.69. The van der Waals surface area contributed by atoms with Crippen LogP contribution in [-0.4, -0.2) is 32.3 Å². The zero-order valence-electron chi connectivity index (χ0n) is 10.1. The molecule has 0 saturated carbocycles. The molecule has 0 aliphatic heterocycles. The summed E-state index contributed by atoms with van der Waals surface area (Å²) in [5.41, 5.74) is 0.901. The van der Waals surface area contributed by atoms with Gasteiger partial charge in [-0.15, -0.1) is 5.92 Å². The summed E-state index contributed by atoms with van der Waals surface area (Å²) in [5.74, 6) is 5.39. The Morgan fingerprint density at radius 2 is 2.25 bits per heavy atom. The lowest BCUT2D eigenvalue weighted by Crippen LogP contribution is -2.25. The van der Waals surface area contributed by atoms with Crippen molar-refractivity contribution < 1.29 is 9.53 Å². The van der Waals surface area contributed by atoms with Crippen molar-refractivity contribution in [3.05, 3.63) is 12.2 Å². The van der Waals surface area contributed by atoms with E-state index in [4.69, 9.17) is 4.74 Å². The number of ether oxygens (including phenoxy) is 1. The van der Waals surface area contributed by atoms with Gasteiger partial charge in [0.15, 0.2) is 0 Å². The lowest BCUT2D eigenvalue weighted by molar-refractivity contribution is 0.156. The van der Waals surface area contributed by atoms with E-state index in [1.807, 2.05) is 6.92 Å². The number of alkyl carbamates (subject to hydrolysis) is 1. The molecule has 0 atom stereocenters. The zero-order valence-corrected chi connectivity index (χ0v) is 10.1. The summed E-state index contributed by atoms with van der Waals surface area (Å²) >= 11 is 0. The average Bonchev–Trinajstić information content (AvgIpc) is 2.27. The predicted octanol–water partition coefficient (Wildman–Crippen LogP) is 1.29. The highest BCUT2D eigenvalue weighted by atomic mass is 16.5. The van der Waals surface area contributed by atoms with Gasteiger partial charge in [0.2, 0.25) is 0 Å². The number of carbonyl (C=O) groups excluding carboxylic acids is 1. The largest absolute Gasteiger partial charge is 0.445 e. The molecule has 0 aliphatic carbocycles.